The molecule has 29 heavy (non-hydrogen) atoms. The van der Waals surface area contributed by atoms with Gasteiger partial charge in [-0.15, -0.1) is 0 Å². The topological polar surface area (TPSA) is 62.6 Å². The lowest BCUT2D eigenvalue weighted by molar-refractivity contribution is 0.0593. The predicted molar refractivity (Wildman–Crippen MR) is 108 cm³/mol. The van der Waals surface area contributed by atoms with Crippen molar-refractivity contribution in [2.75, 3.05) is 19.8 Å². The van der Waals surface area contributed by atoms with Crippen molar-refractivity contribution in [3.05, 3.63) is 58.7 Å². The fourth-order valence-corrected chi connectivity index (χ4v) is 5.21. The highest BCUT2D eigenvalue weighted by atomic mass is 16.6. The molecular weight excluding hydrogens is 364 g/mol. The van der Waals surface area contributed by atoms with Gasteiger partial charge in [0, 0.05) is 17.5 Å². The summed E-state index contributed by atoms with van der Waals surface area (Å²) in [6, 6.07) is 13.3. The molecule has 1 fully saturated rings. The molecule has 5 nitrogen and oxygen atoms in total. The fraction of sp³-hybridized carbons (Fsp3) is 0.417. The van der Waals surface area contributed by atoms with Gasteiger partial charge in [-0.05, 0) is 67.3 Å². The number of nitrogens with zero attached hydrogens (tertiary/aromatic N) is 2. The van der Waals surface area contributed by atoms with E-state index in [1.54, 1.807) is 24.3 Å². The zero-order chi connectivity index (χ0) is 20.0. The molecule has 0 saturated heterocycles. The molecule has 2 heterocycles. The average Bonchev–Trinajstić information content (AvgIpc) is 3.24. The Morgan fingerprint density at radius 2 is 1.76 bits per heavy atom. The number of benzene rings is 2. The van der Waals surface area contributed by atoms with Crippen LogP contribution in [0.3, 0.4) is 0 Å². The van der Waals surface area contributed by atoms with Crippen molar-refractivity contribution in [2.45, 2.75) is 44.1 Å². The summed E-state index contributed by atoms with van der Waals surface area (Å²) in [6.45, 7) is 3.95. The number of ether oxygens (including phenoxy) is 2. The fourth-order valence-electron chi connectivity index (χ4n) is 5.21. The summed E-state index contributed by atoms with van der Waals surface area (Å²) in [5.41, 5.74) is 3.68. The quantitative estimate of drug-likeness (QED) is 0.728. The molecule has 0 aromatic heterocycles. The van der Waals surface area contributed by atoms with Crippen LogP contribution in [0.2, 0.25) is 0 Å². The van der Waals surface area contributed by atoms with Gasteiger partial charge in [0.25, 0.3) is 5.91 Å². The third kappa shape index (κ3) is 2.86. The predicted octanol–water partition coefficient (Wildman–Crippen LogP) is 4.36. The molecule has 5 heteroatoms. The van der Waals surface area contributed by atoms with Crippen LogP contribution >= 0.6 is 0 Å². The van der Waals surface area contributed by atoms with Gasteiger partial charge in [-0.1, -0.05) is 12.8 Å². The molecular formula is C24H24N2O3. The van der Waals surface area contributed by atoms with Gasteiger partial charge in [0.15, 0.2) is 11.5 Å². The Balaban J connectivity index is 1.57. The Bertz CT molecular complexity index is 1000. The van der Waals surface area contributed by atoms with Crippen LogP contribution in [0.25, 0.3) is 0 Å². The summed E-state index contributed by atoms with van der Waals surface area (Å²) >= 11 is 0. The van der Waals surface area contributed by atoms with Gasteiger partial charge in [0.2, 0.25) is 0 Å². The van der Waals surface area contributed by atoms with E-state index in [9.17, 15) is 4.79 Å². The van der Waals surface area contributed by atoms with Gasteiger partial charge < -0.3 is 14.4 Å². The summed E-state index contributed by atoms with van der Waals surface area (Å²) in [7, 11) is 0. The second kappa shape index (κ2) is 6.81. The van der Waals surface area contributed by atoms with Crippen molar-refractivity contribution in [3.63, 3.8) is 0 Å². The average molecular weight is 388 g/mol. The monoisotopic (exact) mass is 388 g/mol. The van der Waals surface area contributed by atoms with Crippen molar-refractivity contribution in [3.8, 4) is 17.6 Å². The van der Waals surface area contributed by atoms with Crippen molar-refractivity contribution in [2.24, 2.45) is 0 Å². The minimum absolute atomic E-state index is 0.0140. The molecule has 1 amide bonds. The minimum Gasteiger partial charge on any atom is -0.486 e. The lowest BCUT2D eigenvalue weighted by Gasteiger charge is -2.46. The van der Waals surface area contributed by atoms with Gasteiger partial charge in [0.1, 0.15) is 13.2 Å². The standard InChI is InChI=1S/C24H24N2O3/c1-16-19-12-21-22(29-11-10-28-21)13-20(19)24(8-2-3-9-24)15-26(16)23(27)18-6-4-17(14-25)5-7-18/h4-7,12-13,16H,2-3,8-11,15H2,1H3. The van der Waals surface area contributed by atoms with Crippen molar-refractivity contribution in [1.29, 1.82) is 5.26 Å². The number of hydrogen-bond donors (Lipinski definition) is 0. The van der Waals surface area contributed by atoms with Crippen molar-refractivity contribution >= 4 is 5.91 Å². The van der Waals surface area contributed by atoms with Crippen LogP contribution in [0, 0.1) is 11.3 Å². The number of carbonyl (C=O) groups is 1. The van der Waals surface area contributed by atoms with Gasteiger partial charge in [-0.2, -0.15) is 5.26 Å². The molecule has 148 valence electrons. The van der Waals surface area contributed by atoms with Crippen molar-refractivity contribution < 1.29 is 14.3 Å². The van der Waals surface area contributed by atoms with Crippen LogP contribution in [0.1, 0.15) is 65.7 Å². The summed E-state index contributed by atoms with van der Waals surface area (Å²) in [5, 5.41) is 9.04. The third-order valence-electron chi connectivity index (χ3n) is 6.76. The smallest absolute Gasteiger partial charge is 0.254 e. The lowest BCUT2D eigenvalue weighted by atomic mass is 9.71. The Labute approximate surface area is 170 Å². The second-order valence-electron chi connectivity index (χ2n) is 8.37. The third-order valence-corrected chi connectivity index (χ3v) is 6.76. The molecule has 1 atom stereocenters. The number of rotatable bonds is 1. The molecule has 1 aliphatic carbocycles. The van der Waals surface area contributed by atoms with E-state index in [4.69, 9.17) is 14.7 Å². The Morgan fingerprint density at radius 3 is 2.41 bits per heavy atom. The summed E-state index contributed by atoms with van der Waals surface area (Å²) < 4.78 is 11.7. The zero-order valence-corrected chi connectivity index (χ0v) is 16.6. The first kappa shape index (κ1) is 18.1. The van der Waals surface area contributed by atoms with E-state index >= 15 is 0 Å². The number of hydrogen-bond acceptors (Lipinski definition) is 4. The van der Waals surface area contributed by atoms with Gasteiger partial charge in [-0.25, -0.2) is 0 Å². The molecule has 1 saturated carbocycles. The first-order valence-corrected chi connectivity index (χ1v) is 10.4. The van der Waals surface area contributed by atoms with Crippen LogP contribution in [0.4, 0.5) is 0 Å². The minimum atomic E-state index is -0.0461. The van der Waals surface area contributed by atoms with E-state index in [2.05, 4.69) is 25.1 Å². The number of nitriles is 1. The van der Waals surface area contributed by atoms with E-state index in [1.807, 2.05) is 4.90 Å². The highest BCUT2D eigenvalue weighted by Gasteiger charge is 2.46. The van der Waals surface area contributed by atoms with Crippen LogP contribution in [0.5, 0.6) is 11.5 Å². The maximum atomic E-state index is 13.4. The summed E-state index contributed by atoms with van der Waals surface area (Å²) in [5.74, 6) is 1.64. The Morgan fingerprint density at radius 1 is 1.10 bits per heavy atom. The molecule has 2 aliphatic heterocycles. The van der Waals surface area contributed by atoms with E-state index < -0.39 is 0 Å². The first-order valence-electron chi connectivity index (χ1n) is 10.4. The van der Waals surface area contributed by atoms with E-state index in [0.717, 1.165) is 30.9 Å². The summed E-state index contributed by atoms with van der Waals surface area (Å²) in [4.78, 5) is 15.4. The number of carbonyl (C=O) groups excluding carboxylic acids is 1. The highest BCUT2D eigenvalue weighted by Crippen LogP contribution is 2.52. The zero-order valence-electron chi connectivity index (χ0n) is 16.6. The number of amides is 1. The first-order chi connectivity index (χ1) is 14.1. The largest absolute Gasteiger partial charge is 0.486 e. The number of fused-ring (bicyclic) bond motifs is 3. The molecule has 1 spiro atoms. The van der Waals surface area contributed by atoms with Gasteiger partial charge >= 0.3 is 0 Å². The molecule has 1 unspecified atom stereocenters. The normalized spacial score (nSPS) is 21.5. The molecule has 2 aromatic carbocycles. The van der Waals surface area contributed by atoms with E-state index in [0.29, 0.717) is 24.3 Å². The van der Waals surface area contributed by atoms with E-state index in [1.165, 1.54) is 24.0 Å². The second-order valence-corrected chi connectivity index (χ2v) is 8.37. The Kier molecular flexibility index (Phi) is 4.24. The Hall–Kier alpha value is -3.00. The molecule has 0 N–H and O–H groups in total. The highest BCUT2D eigenvalue weighted by molar-refractivity contribution is 5.95. The summed E-state index contributed by atoms with van der Waals surface area (Å²) in [6.07, 6.45) is 4.54. The molecule has 2 aromatic rings. The van der Waals surface area contributed by atoms with Gasteiger partial charge in [-0.3, -0.25) is 4.79 Å². The van der Waals surface area contributed by atoms with Crippen LogP contribution < -0.4 is 9.47 Å². The molecule has 0 bridgehead atoms. The van der Waals surface area contributed by atoms with Crippen LogP contribution in [-0.2, 0) is 5.41 Å². The van der Waals surface area contributed by atoms with E-state index in [-0.39, 0.29) is 17.4 Å². The maximum Gasteiger partial charge on any atom is 0.254 e. The maximum absolute atomic E-state index is 13.4. The van der Waals surface area contributed by atoms with Crippen LogP contribution in [-0.4, -0.2) is 30.6 Å². The molecule has 3 aliphatic rings. The molecule has 0 radical (unpaired) electrons. The molecule has 5 rings (SSSR count). The lowest BCUT2D eigenvalue weighted by Crippen LogP contribution is -2.48. The van der Waals surface area contributed by atoms with Crippen LogP contribution in [0.15, 0.2) is 36.4 Å². The van der Waals surface area contributed by atoms with Gasteiger partial charge in [0.05, 0.1) is 17.7 Å². The SMILES string of the molecule is CC1c2cc3c(cc2C2(CCCC2)CN1C(=O)c1ccc(C#N)cc1)OCCO3. The van der Waals surface area contributed by atoms with Crippen molar-refractivity contribution in [1.82, 2.24) is 4.90 Å².